The van der Waals surface area contributed by atoms with Gasteiger partial charge in [-0.3, -0.25) is 4.79 Å². The van der Waals surface area contributed by atoms with Crippen LogP contribution in [0.15, 0.2) is 24.3 Å². The first kappa shape index (κ1) is 14.5. The van der Waals surface area contributed by atoms with E-state index in [0.717, 1.165) is 0 Å². The molecule has 0 saturated carbocycles. The van der Waals surface area contributed by atoms with E-state index in [-0.39, 0.29) is 6.61 Å². The molecule has 0 bridgehead atoms. The average molecular weight is 253 g/mol. The summed E-state index contributed by atoms with van der Waals surface area (Å²) < 4.78 is 10.2. The number of aliphatic hydroxyl groups excluding tert-OH is 1. The van der Waals surface area contributed by atoms with Gasteiger partial charge in [-0.15, -0.1) is 0 Å². The van der Waals surface area contributed by atoms with E-state index < -0.39 is 18.1 Å². The number of carbonyl (C=O) groups excluding carboxylic acids is 1. The van der Waals surface area contributed by atoms with Crippen molar-refractivity contribution in [1.29, 1.82) is 0 Å². The number of hydrogen-bond donors (Lipinski definition) is 2. The third-order valence-electron chi connectivity index (χ3n) is 2.44. The highest BCUT2D eigenvalue weighted by Crippen LogP contribution is 2.26. The number of ether oxygens (including phenoxy) is 2. The van der Waals surface area contributed by atoms with Gasteiger partial charge in [-0.05, 0) is 19.9 Å². The van der Waals surface area contributed by atoms with E-state index >= 15 is 0 Å². The first-order chi connectivity index (χ1) is 8.61. The summed E-state index contributed by atoms with van der Waals surface area (Å²) in [6.07, 6.45) is -1.15. The van der Waals surface area contributed by atoms with Gasteiger partial charge in [0.2, 0.25) is 0 Å². The molecule has 0 saturated heterocycles. The van der Waals surface area contributed by atoms with Gasteiger partial charge in [0.25, 0.3) is 0 Å². The number of nitrogens with two attached hydrogens (primary N) is 1. The summed E-state index contributed by atoms with van der Waals surface area (Å²) in [5, 5.41) is 10.1. The molecule has 0 fully saturated rings. The molecule has 3 N–H and O–H groups in total. The molecule has 0 aliphatic carbocycles. The quantitative estimate of drug-likeness (QED) is 0.739. The number of aliphatic hydroxyl groups is 1. The predicted molar refractivity (Wildman–Crippen MR) is 67.2 cm³/mol. The molecule has 2 atom stereocenters. The smallest absolute Gasteiger partial charge is 0.325 e. The fourth-order valence-electron chi connectivity index (χ4n) is 1.57. The second-order valence-electron chi connectivity index (χ2n) is 3.69. The van der Waals surface area contributed by atoms with E-state index in [1.807, 2.05) is 6.92 Å². The number of esters is 1. The molecule has 0 heterocycles. The number of para-hydroxylation sites is 1. The standard InChI is InChI=1S/C13H19NO4/c1-3-17-10-8-6-5-7-9(10)12(15)11(14)13(16)18-4-2/h5-8,11-12,15H,3-4,14H2,1-2H3. The Morgan fingerprint density at radius 2 is 2.00 bits per heavy atom. The maximum absolute atomic E-state index is 11.5. The van der Waals surface area contributed by atoms with Crippen molar-refractivity contribution in [3.63, 3.8) is 0 Å². The molecular weight excluding hydrogens is 234 g/mol. The first-order valence-corrected chi connectivity index (χ1v) is 5.93. The monoisotopic (exact) mass is 253 g/mol. The minimum Gasteiger partial charge on any atom is -0.493 e. The average Bonchev–Trinajstić information content (AvgIpc) is 2.38. The van der Waals surface area contributed by atoms with Crippen LogP contribution in [0.1, 0.15) is 25.5 Å². The van der Waals surface area contributed by atoms with Crippen molar-refractivity contribution in [1.82, 2.24) is 0 Å². The minimum absolute atomic E-state index is 0.229. The Morgan fingerprint density at radius 1 is 1.33 bits per heavy atom. The normalized spacial score (nSPS) is 13.8. The highest BCUT2D eigenvalue weighted by atomic mass is 16.5. The van der Waals surface area contributed by atoms with Gasteiger partial charge in [0.05, 0.1) is 13.2 Å². The molecule has 1 aromatic carbocycles. The van der Waals surface area contributed by atoms with Gasteiger partial charge in [0.1, 0.15) is 17.9 Å². The van der Waals surface area contributed by atoms with Crippen molar-refractivity contribution >= 4 is 5.97 Å². The lowest BCUT2D eigenvalue weighted by Crippen LogP contribution is -2.38. The Kier molecular flexibility index (Phi) is 5.61. The van der Waals surface area contributed by atoms with Gasteiger partial charge in [-0.1, -0.05) is 18.2 Å². The molecule has 0 aliphatic rings. The van der Waals surface area contributed by atoms with Crippen molar-refractivity contribution in [3.05, 3.63) is 29.8 Å². The van der Waals surface area contributed by atoms with Crippen LogP contribution in [-0.2, 0) is 9.53 Å². The van der Waals surface area contributed by atoms with Crippen LogP contribution in [0.5, 0.6) is 5.75 Å². The van der Waals surface area contributed by atoms with E-state index in [2.05, 4.69) is 0 Å². The molecule has 0 aromatic heterocycles. The number of rotatable bonds is 6. The minimum atomic E-state index is -1.15. The zero-order valence-electron chi connectivity index (χ0n) is 10.6. The van der Waals surface area contributed by atoms with Crippen LogP contribution in [0.4, 0.5) is 0 Å². The van der Waals surface area contributed by atoms with Crippen LogP contribution in [0, 0.1) is 0 Å². The molecule has 5 heteroatoms. The van der Waals surface area contributed by atoms with E-state index in [1.165, 1.54) is 0 Å². The second kappa shape index (κ2) is 6.98. The Bertz CT molecular complexity index is 394. The van der Waals surface area contributed by atoms with Gasteiger partial charge in [0.15, 0.2) is 0 Å². The third-order valence-corrected chi connectivity index (χ3v) is 2.44. The molecule has 100 valence electrons. The molecule has 0 radical (unpaired) electrons. The van der Waals surface area contributed by atoms with Gasteiger partial charge >= 0.3 is 5.97 Å². The van der Waals surface area contributed by atoms with Gasteiger partial charge in [-0.25, -0.2) is 0 Å². The van der Waals surface area contributed by atoms with Crippen LogP contribution in [0.2, 0.25) is 0 Å². The number of carbonyl (C=O) groups is 1. The largest absolute Gasteiger partial charge is 0.493 e. The number of hydrogen-bond acceptors (Lipinski definition) is 5. The first-order valence-electron chi connectivity index (χ1n) is 5.93. The molecule has 0 spiro atoms. The maximum atomic E-state index is 11.5. The van der Waals surface area contributed by atoms with Crippen LogP contribution < -0.4 is 10.5 Å². The Labute approximate surface area is 107 Å². The second-order valence-corrected chi connectivity index (χ2v) is 3.69. The summed E-state index contributed by atoms with van der Waals surface area (Å²) in [5.74, 6) is -0.108. The summed E-state index contributed by atoms with van der Waals surface area (Å²) in [6, 6.07) is 5.82. The lowest BCUT2D eigenvalue weighted by atomic mass is 10.0. The lowest BCUT2D eigenvalue weighted by molar-refractivity contribution is -0.147. The molecule has 1 aromatic rings. The van der Waals surface area contributed by atoms with Crippen molar-refractivity contribution in [2.24, 2.45) is 5.73 Å². The molecule has 0 amide bonds. The lowest BCUT2D eigenvalue weighted by Gasteiger charge is -2.20. The summed E-state index contributed by atoms with van der Waals surface area (Å²) in [6.45, 7) is 4.23. The van der Waals surface area contributed by atoms with Crippen molar-refractivity contribution in [2.75, 3.05) is 13.2 Å². The topological polar surface area (TPSA) is 81.8 Å². The molecule has 1 rings (SSSR count). The zero-order valence-corrected chi connectivity index (χ0v) is 10.6. The van der Waals surface area contributed by atoms with E-state index in [0.29, 0.717) is 17.9 Å². The fraction of sp³-hybridized carbons (Fsp3) is 0.462. The Morgan fingerprint density at radius 3 is 2.61 bits per heavy atom. The van der Waals surface area contributed by atoms with Crippen molar-refractivity contribution < 1.29 is 19.4 Å². The van der Waals surface area contributed by atoms with E-state index in [1.54, 1.807) is 31.2 Å². The van der Waals surface area contributed by atoms with Gasteiger partial charge in [0, 0.05) is 5.56 Å². The third kappa shape index (κ3) is 3.45. The Hall–Kier alpha value is -1.59. The predicted octanol–water partition coefficient (Wildman–Crippen LogP) is 1.01. The SMILES string of the molecule is CCOC(=O)C(N)C(O)c1ccccc1OCC. The van der Waals surface area contributed by atoms with E-state index in [9.17, 15) is 9.90 Å². The summed E-state index contributed by atoms with van der Waals surface area (Å²) >= 11 is 0. The van der Waals surface area contributed by atoms with Crippen molar-refractivity contribution in [3.8, 4) is 5.75 Å². The van der Waals surface area contributed by atoms with Gasteiger partial charge < -0.3 is 20.3 Å². The van der Waals surface area contributed by atoms with E-state index in [4.69, 9.17) is 15.2 Å². The summed E-state index contributed by atoms with van der Waals surface area (Å²) in [7, 11) is 0. The highest BCUT2D eigenvalue weighted by molar-refractivity contribution is 5.76. The zero-order chi connectivity index (χ0) is 13.5. The molecule has 2 unspecified atom stereocenters. The maximum Gasteiger partial charge on any atom is 0.325 e. The number of benzene rings is 1. The van der Waals surface area contributed by atoms with Crippen LogP contribution >= 0.6 is 0 Å². The van der Waals surface area contributed by atoms with Crippen LogP contribution in [0.25, 0.3) is 0 Å². The molecular formula is C13H19NO4. The Balaban J connectivity index is 2.88. The van der Waals surface area contributed by atoms with Gasteiger partial charge in [-0.2, -0.15) is 0 Å². The molecule has 5 nitrogen and oxygen atoms in total. The molecule has 0 aliphatic heterocycles. The highest BCUT2D eigenvalue weighted by Gasteiger charge is 2.27. The summed E-state index contributed by atoms with van der Waals surface area (Å²) in [5.41, 5.74) is 6.15. The molecule has 18 heavy (non-hydrogen) atoms. The fourth-order valence-corrected chi connectivity index (χ4v) is 1.57. The van der Waals surface area contributed by atoms with Crippen LogP contribution in [-0.4, -0.2) is 30.3 Å². The van der Waals surface area contributed by atoms with Crippen molar-refractivity contribution in [2.45, 2.75) is 26.0 Å². The summed E-state index contributed by atoms with van der Waals surface area (Å²) in [4.78, 5) is 11.5. The van der Waals surface area contributed by atoms with Crippen LogP contribution in [0.3, 0.4) is 0 Å².